The molecule has 29 heavy (non-hydrogen) atoms. The van der Waals surface area contributed by atoms with Crippen LogP contribution in [0.4, 0.5) is 0 Å². The third-order valence-corrected chi connectivity index (χ3v) is 8.06. The molecule has 0 saturated heterocycles. The summed E-state index contributed by atoms with van der Waals surface area (Å²) in [6, 6.07) is 5.48. The van der Waals surface area contributed by atoms with Crippen molar-refractivity contribution in [2.24, 2.45) is 17.8 Å². The van der Waals surface area contributed by atoms with Gasteiger partial charge in [-0.15, -0.1) is 0 Å². The zero-order valence-electron chi connectivity index (χ0n) is 16.1. The molecule has 7 rings (SSSR count). The normalized spacial score (nSPS) is 32.9. The van der Waals surface area contributed by atoms with E-state index < -0.39 is 0 Å². The highest BCUT2D eigenvalue weighted by molar-refractivity contribution is 6.39. The second kappa shape index (κ2) is 6.57. The highest BCUT2D eigenvalue weighted by Crippen LogP contribution is 2.56. The Morgan fingerprint density at radius 3 is 2.41 bits per heavy atom. The van der Waals surface area contributed by atoms with Gasteiger partial charge in [0.1, 0.15) is 17.2 Å². The Balaban J connectivity index is 1.33. The summed E-state index contributed by atoms with van der Waals surface area (Å²) in [5, 5.41) is 5.50. The van der Waals surface area contributed by atoms with Crippen molar-refractivity contribution in [1.82, 2.24) is 5.16 Å². The zero-order valence-corrected chi connectivity index (χ0v) is 17.6. The molecule has 5 aliphatic rings. The number of ketones is 1. The molecule has 152 valence electrons. The third kappa shape index (κ3) is 2.98. The van der Waals surface area contributed by atoms with Gasteiger partial charge in [0.15, 0.2) is 0 Å². The summed E-state index contributed by atoms with van der Waals surface area (Å²) in [4.78, 5) is 12.5. The van der Waals surface area contributed by atoms with E-state index in [1.165, 1.54) is 0 Å². The summed E-state index contributed by atoms with van der Waals surface area (Å²) in [6.45, 7) is 0.437. The number of halogens is 2. The van der Waals surface area contributed by atoms with Gasteiger partial charge in [-0.1, -0.05) is 34.4 Å². The van der Waals surface area contributed by atoms with Crippen molar-refractivity contribution in [2.45, 2.75) is 63.1 Å². The molecule has 2 aromatic rings. The molecule has 1 aromatic carbocycles. The number of aromatic nitrogens is 1. The first-order chi connectivity index (χ1) is 14.0. The van der Waals surface area contributed by atoms with E-state index in [2.05, 4.69) is 5.16 Å². The van der Waals surface area contributed by atoms with Crippen LogP contribution in [0.1, 0.15) is 62.2 Å². The molecule has 0 spiro atoms. The standard InChI is InChI=1S/C23H23Cl2NO3/c24-17-2-1-3-18(25)19(17)20-16(22(29-26-20)13-4-5-13)11-28-23-8-12-6-14(9-23)21(27)15(7-12)10-23/h1-3,12-15H,4-11H2. The van der Waals surface area contributed by atoms with Crippen LogP contribution in [0.5, 0.6) is 0 Å². The first kappa shape index (κ1) is 18.4. The summed E-state index contributed by atoms with van der Waals surface area (Å²) in [7, 11) is 0. The van der Waals surface area contributed by atoms with Crippen LogP contribution in [0.2, 0.25) is 10.0 Å². The lowest BCUT2D eigenvalue weighted by Gasteiger charge is -2.55. The molecule has 5 fully saturated rings. The zero-order chi connectivity index (χ0) is 19.8. The second-order valence-electron chi connectivity index (χ2n) is 9.46. The predicted octanol–water partition coefficient (Wildman–Crippen LogP) is 6.19. The molecule has 0 N–H and O–H groups in total. The van der Waals surface area contributed by atoms with Crippen LogP contribution in [0.3, 0.4) is 0 Å². The first-order valence-corrected chi connectivity index (χ1v) is 11.4. The van der Waals surface area contributed by atoms with Crippen LogP contribution >= 0.6 is 23.2 Å². The van der Waals surface area contributed by atoms with Gasteiger partial charge >= 0.3 is 0 Å². The Kier molecular flexibility index (Phi) is 4.17. The number of ether oxygens (including phenoxy) is 1. The average Bonchev–Trinajstić information content (AvgIpc) is 3.44. The van der Waals surface area contributed by atoms with Gasteiger partial charge in [-0.2, -0.15) is 0 Å². The summed E-state index contributed by atoms with van der Waals surface area (Å²) in [5.74, 6) is 2.83. The molecule has 0 amide bonds. The van der Waals surface area contributed by atoms with Gasteiger partial charge in [0, 0.05) is 28.9 Å². The van der Waals surface area contributed by atoms with Gasteiger partial charge in [0.05, 0.1) is 22.3 Å². The topological polar surface area (TPSA) is 52.3 Å². The van der Waals surface area contributed by atoms with Crippen LogP contribution < -0.4 is 0 Å². The molecule has 5 aliphatic carbocycles. The number of nitrogens with zero attached hydrogens (tertiary/aromatic N) is 1. The summed E-state index contributed by atoms with van der Waals surface area (Å²) < 4.78 is 12.4. The van der Waals surface area contributed by atoms with Crippen molar-refractivity contribution < 1.29 is 14.1 Å². The fraction of sp³-hybridized carbons (Fsp3) is 0.565. The fourth-order valence-corrected chi connectivity index (χ4v) is 6.70. The van der Waals surface area contributed by atoms with E-state index in [4.69, 9.17) is 32.5 Å². The Bertz CT molecular complexity index is 958. The van der Waals surface area contributed by atoms with E-state index >= 15 is 0 Å². The van der Waals surface area contributed by atoms with Crippen molar-refractivity contribution in [1.29, 1.82) is 0 Å². The van der Waals surface area contributed by atoms with Crippen LogP contribution in [0.25, 0.3) is 11.3 Å². The molecule has 1 heterocycles. The van der Waals surface area contributed by atoms with Crippen molar-refractivity contribution in [3.05, 3.63) is 39.6 Å². The van der Waals surface area contributed by atoms with Crippen molar-refractivity contribution >= 4 is 29.0 Å². The average molecular weight is 432 g/mol. The molecule has 6 heteroatoms. The van der Waals surface area contributed by atoms with Gasteiger partial charge in [0.2, 0.25) is 0 Å². The summed E-state index contributed by atoms with van der Waals surface area (Å²) in [5.41, 5.74) is 2.21. The van der Waals surface area contributed by atoms with Gasteiger partial charge in [0.25, 0.3) is 0 Å². The number of carbonyl (C=O) groups excluding carboxylic acids is 1. The van der Waals surface area contributed by atoms with Crippen molar-refractivity contribution in [2.75, 3.05) is 0 Å². The fourth-order valence-electron chi connectivity index (χ4n) is 6.13. The maximum Gasteiger partial charge on any atom is 0.145 e. The smallest absolute Gasteiger partial charge is 0.145 e. The van der Waals surface area contributed by atoms with Crippen molar-refractivity contribution in [3.63, 3.8) is 0 Å². The minimum atomic E-state index is -0.177. The molecule has 0 aliphatic heterocycles. The van der Waals surface area contributed by atoms with E-state index in [-0.39, 0.29) is 17.4 Å². The number of benzene rings is 1. The van der Waals surface area contributed by atoms with Crippen LogP contribution in [-0.4, -0.2) is 16.5 Å². The van der Waals surface area contributed by atoms with Gasteiger partial charge < -0.3 is 9.26 Å². The summed E-state index contributed by atoms with van der Waals surface area (Å²) >= 11 is 12.9. The highest BCUT2D eigenvalue weighted by Gasteiger charge is 2.56. The Morgan fingerprint density at radius 1 is 1.07 bits per heavy atom. The monoisotopic (exact) mass is 431 g/mol. The lowest BCUT2D eigenvalue weighted by Crippen LogP contribution is -2.56. The van der Waals surface area contributed by atoms with Crippen LogP contribution in [0.15, 0.2) is 22.7 Å². The van der Waals surface area contributed by atoms with Gasteiger partial charge in [-0.05, 0) is 63.0 Å². The number of hydrogen-bond acceptors (Lipinski definition) is 4. The molecule has 2 atom stereocenters. The lowest BCUT2D eigenvalue weighted by atomic mass is 9.53. The number of hydrogen-bond donors (Lipinski definition) is 0. The highest BCUT2D eigenvalue weighted by atomic mass is 35.5. The lowest BCUT2D eigenvalue weighted by molar-refractivity contribution is -0.179. The van der Waals surface area contributed by atoms with E-state index in [1.807, 2.05) is 18.2 Å². The maximum absolute atomic E-state index is 12.5. The third-order valence-electron chi connectivity index (χ3n) is 7.43. The Morgan fingerprint density at radius 2 is 1.76 bits per heavy atom. The van der Waals surface area contributed by atoms with Gasteiger partial charge in [-0.25, -0.2) is 0 Å². The molecule has 4 nitrogen and oxygen atoms in total. The second-order valence-corrected chi connectivity index (χ2v) is 10.3. The summed E-state index contributed by atoms with van der Waals surface area (Å²) in [6.07, 6.45) is 7.14. The molecule has 5 saturated carbocycles. The Hall–Kier alpha value is -1.36. The molecule has 4 bridgehead atoms. The van der Waals surface area contributed by atoms with E-state index in [1.54, 1.807) is 0 Å². The molecule has 0 radical (unpaired) electrons. The molecule has 2 unspecified atom stereocenters. The number of Topliss-reactive ketones (excluding diaryl/α,β-unsaturated/α-hetero) is 1. The Labute approximate surface area is 179 Å². The van der Waals surface area contributed by atoms with Crippen molar-refractivity contribution in [3.8, 4) is 11.3 Å². The van der Waals surface area contributed by atoms with Gasteiger partial charge in [-0.3, -0.25) is 4.79 Å². The molecule has 1 aromatic heterocycles. The minimum Gasteiger partial charge on any atom is -0.370 e. The predicted molar refractivity (Wildman–Crippen MR) is 110 cm³/mol. The van der Waals surface area contributed by atoms with E-state index in [0.717, 1.165) is 56.3 Å². The number of carbonyl (C=O) groups is 1. The SMILES string of the molecule is O=C1C2CC3CC1CC(OCc1c(-c4c(Cl)cccc4Cl)noc1C1CC1)(C3)C2. The van der Waals surface area contributed by atoms with Crippen LogP contribution in [0, 0.1) is 17.8 Å². The van der Waals surface area contributed by atoms with E-state index in [0.29, 0.717) is 45.5 Å². The first-order valence-electron chi connectivity index (χ1n) is 10.6. The van der Waals surface area contributed by atoms with Crippen LogP contribution in [-0.2, 0) is 16.1 Å². The molecular formula is C23H23Cl2NO3. The molecular weight excluding hydrogens is 409 g/mol. The number of rotatable bonds is 5. The maximum atomic E-state index is 12.5. The van der Waals surface area contributed by atoms with E-state index in [9.17, 15) is 4.79 Å². The minimum absolute atomic E-state index is 0.177. The largest absolute Gasteiger partial charge is 0.370 e. The quantitative estimate of drug-likeness (QED) is 0.565.